The van der Waals surface area contributed by atoms with E-state index in [1.807, 2.05) is 0 Å². The molecule has 1 heteroatoms. The molecule has 0 bridgehead atoms. The summed E-state index contributed by atoms with van der Waals surface area (Å²) in [5, 5.41) is 0. The highest BCUT2D eigenvalue weighted by molar-refractivity contribution is 6.06. The minimum absolute atomic E-state index is 0.197. The van der Waals surface area contributed by atoms with Crippen LogP contribution in [0.2, 0.25) is 0 Å². The Hall–Kier alpha value is -7.22. The van der Waals surface area contributed by atoms with Crippen molar-refractivity contribution in [2.24, 2.45) is 0 Å². The van der Waals surface area contributed by atoms with Crippen LogP contribution in [0.15, 0.2) is 206 Å². The van der Waals surface area contributed by atoms with E-state index >= 15 is 0 Å². The van der Waals surface area contributed by atoms with Gasteiger partial charge in [-0.05, 0) is 119 Å². The molecule has 4 aliphatic rings. The van der Waals surface area contributed by atoms with E-state index < -0.39 is 0 Å². The largest absolute Gasteiger partial charge is 0.310 e. The number of rotatable bonds is 5. The van der Waals surface area contributed by atoms with Crippen molar-refractivity contribution in [3.63, 3.8) is 0 Å². The molecule has 9 aromatic rings. The van der Waals surface area contributed by atoms with Gasteiger partial charge in [-0.2, -0.15) is 0 Å². The second-order valence-corrected chi connectivity index (χ2v) is 15.9. The van der Waals surface area contributed by atoms with Gasteiger partial charge in [-0.3, -0.25) is 0 Å². The average molecular weight is 722 g/mol. The fourth-order valence-corrected chi connectivity index (χ4v) is 11.2. The third-order valence-electron chi connectivity index (χ3n) is 13.3. The first kappa shape index (κ1) is 31.0. The minimum Gasteiger partial charge on any atom is -0.310 e. The molecule has 57 heavy (non-hydrogen) atoms. The summed E-state index contributed by atoms with van der Waals surface area (Å²) in [5.74, 6) is 0.197. The molecule has 0 amide bonds. The van der Waals surface area contributed by atoms with Crippen molar-refractivity contribution in [3.8, 4) is 55.6 Å². The molecule has 0 saturated carbocycles. The van der Waals surface area contributed by atoms with Gasteiger partial charge in [0.15, 0.2) is 0 Å². The van der Waals surface area contributed by atoms with Crippen LogP contribution in [-0.4, -0.2) is 0 Å². The van der Waals surface area contributed by atoms with Gasteiger partial charge >= 0.3 is 0 Å². The molecule has 1 nitrogen and oxygen atoms in total. The number of anilines is 3. The van der Waals surface area contributed by atoms with Crippen LogP contribution >= 0.6 is 0 Å². The number of hydrogen-bond acceptors (Lipinski definition) is 1. The van der Waals surface area contributed by atoms with Gasteiger partial charge in [-0.15, -0.1) is 0 Å². The maximum absolute atomic E-state index is 2.53. The first-order valence-corrected chi connectivity index (χ1v) is 20.1. The summed E-state index contributed by atoms with van der Waals surface area (Å²) in [5.41, 5.74) is 26.0. The predicted octanol–water partition coefficient (Wildman–Crippen LogP) is 14.3. The van der Waals surface area contributed by atoms with Crippen molar-refractivity contribution < 1.29 is 0 Å². The predicted molar refractivity (Wildman–Crippen MR) is 235 cm³/mol. The van der Waals surface area contributed by atoms with E-state index in [-0.39, 0.29) is 11.3 Å². The van der Waals surface area contributed by atoms with Crippen molar-refractivity contribution in [1.82, 2.24) is 0 Å². The van der Waals surface area contributed by atoms with E-state index in [0.29, 0.717) is 0 Å². The quantitative estimate of drug-likeness (QED) is 0.171. The van der Waals surface area contributed by atoms with Crippen molar-refractivity contribution in [1.29, 1.82) is 0 Å². The number of para-hydroxylation sites is 1. The summed E-state index contributed by atoms with van der Waals surface area (Å²) in [4.78, 5) is 2.52. The summed E-state index contributed by atoms with van der Waals surface area (Å²) in [6, 6.07) is 77.2. The van der Waals surface area contributed by atoms with Gasteiger partial charge in [0.1, 0.15) is 0 Å². The van der Waals surface area contributed by atoms with Crippen LogP contribution in [0.3, 0.4) is 0 Å². The first-order chi connectivity index (χ1) is 28.3. The molecule has 0 radical (unpaired) electrons. The molecule has 2 atom stereocenters. The standard InChI is InChI=1S/C56H35N/c1-3-15-35(16-4-1)39-19-10-12-28-52(39)57(37-30-32-44-49(33-37)40-20-7-8-22-43(40)53(44)36-17-5-2-6-18-36)38-29-31-42-46-24-14-26-48-47-25-13-23-45-41-21-9-11-27-50(41)56(54(45)47,55(46)48)51(42)34-38/h1-34,53H. The fraction of sp³-hybridized carbons (Fsp3) is 0.0357. The zero-order valence-corrected chi connectivity index (χ0v) is 31.2. The molecule has 0 N–H and O–H groups in total. The average Bonchev–Trinajstić information content (AvgIpc) is 3.98. The lowest BCUT2D eigenvalue weighted by Gasteiger charge is -2.31. The molecule has 0 aliphatic heterocycles. The van der Waals surface area contributed by atoms with E-state index in [2.05, 4.69) is 211 Å². The molecule has 0 saturated heterocycles. The highest BCUT2D eigenvalue weighted by atomic mass is 15.1. The Morgan fingerprint density at radius 3 is 1.61 bits per heavy atom. The lowest BCUT2D eigenvalue weighted by molar-refractivity contribution is 0.818. The van der Waals surface area contributed by atoms with Crippen LogP contribution in [0.25, 0.3) is 55.6 Å². The van der Waals surface area contributed by atoms with Gasteiger partial charge in [0, 0.05) is 22.9 Å². The number of hydrogen-bond donors (Lipinski definition) is 0. The molecule has 0 heterocycles. The summed E-state index contributed by atoms with van der Waals surface area (Å²) in [6.45, 7) is 0. The summed E-state index contributed by atoms with van der Waals surface area (Å²) >= 11 is 0. The van der Waals surface area contributed by atoms with Crippen LogP contribution in [0.1, 0.15) is 44.9 Å². The van der Waals surface area contributed by atoms with Gasteiger partial charge in [0.25, 0.3) is 0 Å². The molecule has 1 spiro atoms. The Morgan fingerprint density at radius 1 is 0.333 bits per heavy atom. The Kier molecular flexibility index (Phi) is 6.21. The summed E-state index contributed by atoms with van der Waals surface area (Å²) < 4.78 is 0. The molecule has 13 rings (SSSR count). The highest BCUT2D eigenvalue weighted by Crippen LogP contribution is 2.70. The Bertz CT molecular complexity index is 3100. The normalized spacial score (nSPS) is 16.7. The molecule has 4 aliphatic carbocycles. The summed E-state index contributed by atoms with van der Waals surface area (Å²) in [6.07, 6.45) is 0. The Labute approximate surface area is 332 Å². The molecular weight excluding hydrogens is 687 g/mol. The van der Waals surface area contributed by atoms with Gasteiger partial charge in [-0.1, -0.05) is 176 Å². The number of nitrogens with zero attached hydrogens (tertiary/aromatic N) is 1. The van der Waals surface area contributed by atoms with Gasteiger partial charge in [0.2, 0.25) is 0 Å². The van der Waals surface area contributed by atoms with E-state index in [9.17, 15) is 0 Å². The summed E-state index contributed by atoms with van der Waals surface area (Å²) in [7, 11) is 0. The fourth-order valence-electron chi connectivity index (χ4n) is 11.2. The second-order valence-electron chi connectivity index (χ2n) is 15.9. The van der Waals surface area contributed by atoms with Crippen molar-refractivity contribution >= 4 is 17.1 Å². The van der Waals surface area contributed by atoms with E-state index in [1.165, 1.54) is 94.6 Å². The van der Waals surface area contributed by atoms with Crippen molar-refractivity contribution in [3.05, 3.63) is 245 Å². The van der Waals surface area contributed by atoms with E-state index in [1.54, 1.807) is 0 Å². The zero-order chi connectivity index (χ0) is 37.2. The second kappa shape index (κ2) is 11.4. The smallest absolute Gasteiger partial charge is 0.0738 e. The topological polar surface area (TPSA) is 3.24 Å². The third-order valence-corrected chi connectivity index (χ3v) is 13.3. The number of benzene rings is 9. The first-order valence-electron chi connectivity index (χ1n) is 20.1. The van der Waals surface area contributed by atoms with Gasteiger partial charge < -0.3 is 4.90 Å². The van der Waals surface area contributed by atoms with Crippen LogP contribution in [0, 0.1) is 0 Å². The third kappa shape index (κ3) is 3.98. The van der Waals surface area contributed by atoms with Crippen molar-refractivity contribution in [2.75, 3.05) is 4.90 Å². The molecule has 0 aromatic heterocycles. The maximum atomic E-state index is 2.53. The lowest BCUT2D eigenvalue weighted by atomic mass is 9.73. The van der Waals surface area contributed by atoms with Crippen LogP contribution in [-0.2, 0) is 5.41 Å². The SMILES string of the molecule is c1ccc(-c2ccccc2N(c2ccc3c(c2)-c2ccccc2C3c2ccccc2)c2ccc3c(c2)C24c5ccccc5-c5cccc(c52)-c2cccc-3c24)cc1. The molecule has 264 valence electrons. The molecular formula is C56H35N. The van der Waals surface area contributed by atoms with Crippen LogP contribution < -0.4 is 4.90 Å². The van der Waals surface area contributed by atoms with E-state index in [4.69, 9.17) is 0 Å². The van der Waals surface area contributed by atoms with Crippen LogP contribution in [0.5, 0.6) is 0 Å². The lowest BCUT2D eigenvalue weighted by Crippen LogP contribution is -2.23. The molecule has 2 unspecified atom stereocenters. The minimum atomic E-state index is -0.357. The number of fused-ring (bicyclic) bond motifs is 8. The molecule has 9 aromatic carbocycles. The highest BCUT2D eigenvalue weighted by Gasteiger charge is 2.57. The van der Waals surface area contributed by atoms with Gasteiger partial charge in [0.05, 0.1) is 11.1 Å². The maximum Gasteiger partial charge on any atom is 0.0738 e. The monoisotopic (exact) mass is 721 g/mol. The Morgan fingerprint density at radius 2 is 0.860 bits per heavy atom. The van der Waals surface area contributed by atoms with E-state index in [0.717, 1.165) is 17.1 Å². The zero-order valence-electron chi connectivity index (χ0n) is 31.2. The van der Waals surface area contributed by atoms with Crippen molar-refractivity contribution in [2.45, 2.75) is 11.3 Å². The van der Waals surface area contributed by atoms with Gasteiger partial charge in [-0.25, -0.2) is 0 Å². The molecule has 0 fully saturated rings. The van der Waals surface area contributed by atoms with Crippen LogP contribution in [0.4, 0.5) is 17.1 Å². The Balaban J connectivity index is 1.08.